The number of rotatable bonds is 3. The zero-order valence-corrected chi connectivity index (χ0v) is 12.6. The fourth-order valence-electron chi connectivity index (χ4n) is 2.43. The quantitative estimate of drug-likeness (QED) is 0.644. The van der Waals surface area contributed by atoms with Crippen molar-refractivity contribution in [2.45, 2.75) is 38.5 Å². The van der Waals surface area contributed by atoms with Crippen LogP contribution in [0.1, 0.15) is 31.1 Å². The molecule has 0 radical (unpaired) electrons. The minimum Gasteiger partial charge on any atom is -0.460 e. The number of hydrogen-bond acceptors (Lipinski definition) is 5. The van der Waals surface area contributed by atoms with E-state index in [1.165, 1.54) is 0 Å². The number of benzene rings is 1. The summed E-state index contributed by atoms with van der Waals surface area (Å²) in [6.07, 6.45) is 0. The Hall–Kier alpha value is -1.72. The van der Waals surface area contributed by atoms with E-state index in [-0.39, 0.29) is 11.8 Å². The van der Waals surface area contributed by atoms with Crippen molar-refractivity contribution in [3.8, 4) is 0 Å². The lowest BCUT2D eigenvalue weighted by Gasteiger charge is -2.24. The fraction of sp³-hybridized carbons (Fsp3) is 0.500. The molecule has 1 fully saturated rings. The van der Waals surface area contributed by atoms with E-state index >= 15 is 0 Å². The maximum atomic E-state index is 12.4. The lowest BCUT2D eigenvalue weighted by atomic mass is 9.94. The van der Waals surface area contributed by atoms with Gasteiger partial charge in [0.15, 0.2) is 5.78 Å². The number of nitrogens with one attached hydrogen (secondary N) is 1. The Balaban J connectivity index is 2.06. The Labute approximate surface area is 124 Å². The van der Waals surface area contributed by atoms with Crippen LogP contribution in [-0.4, -0.2) is 36.0 Å². The molecule has 1 aliphatic heterocycles. The maximum absolute atomic E-state index is 12.4. The molecule has 114 valence electrons. The summed E-state index contributed by atoms with van der Waals surface area (Å²) >= 11 is 0. The van der Waals surface area contributed by atoms with Gasteiger partial charge in [-0.1, -0.05) is 30.3 Å². The van der Waals surface area contributed by atoms with Crippen LogP contribution in [-0.2, 0) is 9.53 Å². The molecule has 3 N–H and O–H groups in total. The third kappa shape index (κ3) is 3.68. The van der Waals surface area contributed by atoms with Gasteiger partial charge >= 0.3 is 5.97 Å². The molecule has 1 aliphatic rings. The molecule has 5 nitrogen and oxygen atoms in total. The molecule has 3 unspecified atom stereocenters. The SMILES string of the molecule is CC(C)(C)OC(=O)C1CNC(C(=O)c2ccccc2)C1N. The normalized spacial score (nSPS) is 25.6. The second kappa shape index (κ2) is 5.95. The molecule has 0 amide bonds. The molecule has 5 heteroatoms. The van der Waals surface area contributed by atoms with E-state index in [1.54, 1.807) is 24.3 Å². The van der Waals surface area contributed by atoms with E-state index in [2.05, 4.69) is 5.32 Å². The fourth-order valence-corrected chi connectivity index (χ4v) is 2.43. The van der Waals surface area contributed by atoms with Gasteiger partial charge in [0.05, 0.1) is 12.0 Å². The summed E-state index contributed by atoms with van der Waals surface area (Å²) in [5.41, 5.74) is 6.13. The van der Waals surface area contributed by atoms with Crippen LogP contribution < -0.4 is 11.1 Å². The van der Waals surface area contributed by atoms with Crippen molar-refractivity contribution in [1.82, 2.24) is 5.32 Å². The highest BCUT2D eigenvalue weighted by atomic mass is 16.6. The van der Waals surface area contributed by atoms with Crippen LogP contribution in [0.4, 0.5) is 0 Å². The monoisotopic (exact) mass is 290 g/mol. The number of Topliss-reactive ketones (excluding diaryl/α,β-unsaturated/α-hetero) is 1. The van der Waals surface area contributed by atoms with Crippen molar-refractivity contribution in [2.75, 3.05) is 6.54 Å². The average molecular weight is 290 g/mol. The predicted octanol–water partition coefficient (Wildman–Crippen LogP) is 1.13. The van der Waals surface area contributed by atoms with Gasteiger partial charge in [0.1, 0.15) is 5.60 Å². The maximum Gasteiger partial charge on any atom is 0.312 e. The van der Waals surface area contributed by atoms with Gasteiger partial charge in [-0.2, -0.15) is 0 Å². The van der Waals surface area contributed by atoms with Gasteiger partial charge in [0.25, 0.3) is 0 Å². The summed E-state index contributed by atoms with van der Waals surface area (Å²) in [6, 6.07) is 7.83. The number of carbonyl (C=O) groups is 2. The number of esters is 1. The van der Waals surface area contributed by atoms with Crippen LogP contribution in [0.25, 0.3) is 0 Å². The molecule has 0 bridgehead atoms. The highest BCUT2D eigenvalue weighted by Gasteiger charge is 2.43. The summed E-state index contributed by atoms with van der Waals surface area (Å²) in [4.78, 5) is 24.5. The van der Waals surface area contributed by atoms with E-state index in [9.17, 15) is 9.59 Å². The van der Waals surface area contributed by atoms with Gasteiger partial charge < -0.3 is 15.8 Å². The van der Waals surface area contributed by atoms with E-state index in [0.717, 1.165) is 0 Å². The first-order chi connectivity index (χ1) is 9.79. The average Bonchev–Trinajstić information content (AvgIpc) is 2.79. The number of carbonyl (C=O) groups excluding carboxylic acids is 2. The first-order valence-electron chi connectivity index (χ1n) is 7.11. The summed E-state index contributed by atoms with van der Waals surface area (Å²) in [5, 5.41) is 3.05. The van der Waals surface area contributed by atoms with E-state index in [1.807, 2.05) is 26.8 Å². The highest BCUT2D eigenvalue weighted by Crippen LogP contribution is 2.21. The summed E-state index contributed by atoms with van der Waals surface area (Å²) in [6.45, 7) is 5.79. The van der Waals surface area contributed by atoms with Crippen molar-refractivity contribution in [2.24, 2.45) is 11.7 Å². The molecule has 2 rings (SSSR count). The summed E-state index contributed by atoms with van der Waals surface area (Å²) in [5.74, 6) is -0.943. The van der Waals surface area contributed by atoms with Crippen molar-refractivity contribution >= 4 is 11.8 Å². The lowest BCUT2D eigenvalue weighted by Crippen LogP contribution is -2.46. The highest BCUT2D eigenvalue weighted by molar-refractivity contribution is 6.01. The summed E-state index contributed by atoms with van der Waals surface area (Å²) < 4.78 is 5.36. The molecule has 0 aliphatic carbocycles. The predicted molar refractivity (Wildman–Crippen MR) is 79.9 cm³/mol. The second-order valence-corrected chi connectivity index (χ2v) is 6.33. The molecule has 1 aromatic carbocycles. The van der Waals surface area contributed by atoms with Gasteiger partial charge in [0.2, 0.25) is 0 Å². The molecule has 0 saturated carbocycles. The second-order valence-electron chi connectivity index (χ2n) is 6.33. The van der Waals surface area contributed by atoms with Gasteiger partial charge in [-0.05, 0) is 20.8 Å². The number of ketones is 1. The molecular weight excluding hydrogens is 268 g/mol. The Morgan fingerprint density at radius 2 is 1.86 bits per heavy atom. The van der Waals surface area contributed by atoms with Crippen molar-refractivity contribution in [1.29, 1.82) is 0 Å². The Morgan fingerprint density at radius 1 is 1.24 bits per heavy atom. The molecule has 21 heavy (non-hydrogen) atoms. The van der Waals surface area contributed by atoms with Crippen LogP contribution in [0.5, 0.6) is 0 Å². The largest absolute Gasteiger partial charge is 0.460 e. The Morgan fingerprint density at radius 3 is 2.43 bits per heavy atom. The van der Waals surface area contributed by atoms with Crippen molar-refractivity contribution in [3.05, 3.63) is 35.9 Å². The molecular formula is C16H22N2O3. The number of hydrogen-bond donors (Lipinski definition) is 2. The van der Waals surface area contributed by atoms with Crippen LogP contribution in [0.15, 0.2) is 30.3 Å². The first-order valence-corrected chi connectivity index (χ1v) is 7.11. The zero-order valence-electron chi connectivity index (χ0n) is 12.6. The minimum absolute atomic E-state index is 0.0887. The Kier molecular flexibility index (Phi) is 4.44. The van der Waals surface area contributed by atoms with E-state index < -0.39 is 23.6 Å². The van der Waals surface area contributed by atoms with E-state index in [4.69, 9.17) is 10.5 Å². The van der Waals surface area contributed by atoms with Crippen LogP contribution in [0, 0.1) is 5.92 Å². The molecule has 0 aromatic heterocycles. The Bertz CT molecular complexity index is 522. The first kappa shape index (κ1) is 15.7. The molecule has 3 atom stereocenters. The van der Waals surface area contributed by atoms with Crippen molar-refractivity contribution in [3.63, 3.8) is 0 Å². The summed E-state index contributed by atoms with van der Waals surface area (Å²) in [7, 11) is 0. The smallest absolute Gasteiger partial charge is 0.312 e. The van der Waals surface area contributed by atoms with Gasteiger partial charge in [0, 0.05) is 18.2 Å². The molecule has 1 aromatic rings. The number of nitrogens with two attached hydrogens (primary N) is 1. The molecule has 1 saturated heterocycles. The van der Waals surface area contributed by atoms with Crippen LogP contribution in [0.2, 0.25) is 0 Å². The lowest BCUT2D eigenvalue weighted by molar-refractivity contribution is -0.159. The molecule has 1 heterocycles. The van der Waals surface area contributed by atoms with Gasteiger partial charge in [-0.3, -0.25) is 9.59 Å². The van der Waals surface area contributed by atoms with E-state index in [0.29, 0.717) is 12.1 Å². The van der Waals surface area contributed by atoms with Crippen molar-refractivity contribution < 1.29 is 14.3 Å². The topological polar surface area (TPSA) is 81.4 Å². The number of ether oxygens (including phenoxy) is 1. The van der Waals surface area contributed by atoms with Crippen LogP contribution >= 0.6 is 0 Å². The minimum atomic E-state index is -0.576. The molecule has 0 spiro atoms. The third-order valence-corrected chi connectivity index (χ3v) is 3.46. The van der Waals surface area contributed by atoms with Gasteiger partial charge in [-0.15, -0.1) is 0 Å². The third-order valence-electron chi connectivity index (χ3n) is 3.46. The van der Waals surface area contributed by atoms with Gasteiger partial charge in [-0.25, -0.2) is 0 Å². The standard InChI is InChI=1S/C16H22N2O3/c1-16(2,3)21-15(20)11-9-18-13(12(11)17)14(19)10-7-5-4-6-8-10/h4-8,11-13,18H,9,17H2,1-3H3. The zero-order chi connectivity index (χ0) is 15.6. The van der Waals surface area contributed by atoms with Crippen LogP contribution in [0.3, 0.4) is 0 Å².